The molecule has 1 aromatic rings. The predicted molar refractivity (Wildman–Crippen MR) is 80.6 cm³/mol. The molecule has 18 heavy (non-hydrogen) atoms. The largest absolute Gasteiger partial charge is 0.329 e. The quantitative estimate of drug-likeness (QED) is 0.926. The van der Waals surface area contributed by atoms with Crippen LogP contribution in [0.25, 0.3) is 0 Å². The lowest BCUT2D eigenvalue weighted by Crippen LogP contribution is -2.36. The first-order chi connectivity index (χ1) is 8.52. The van der Waals surface area contributed by atoms with Crippen molar-refractivity contribution in [3.8, 4) is 0 Å². The zero-order valence-corrected chi connectivity index (χ0v) is 13.1. The topological polar surface area (TPSA) is 29.3 Å². The fraction of sp³-hybridized carbons (Fsp3) is 0.600. The third-order valence-electron chi connectivity index (χ3n) is 4.02. The van der Waals surface area contributed by atoms with Gasteiger partial charge in [0, 0.05) is 29.6 Å². The number of aryl methyl sites for hydroxylation is 1. The second kappa shape index (κ2) is 5.72. The van der Waals surface area contributed by atoms with Gasteiger partial charge >= 0.3 is 0 Å². The average molecular weight is 311 g/mol. The van der Waals surface area contributed by atoms with Crippen LogP contribution in [0.3, 0.4) is 0 Å². The van der Waals surface area contributed by atoms with Gasteiger partial charge in [0.2, 0.25) is 0 Å². The van der Waals surface area contributed by atoms with Gasteiger partial charge in [0.25, 0.3) is 0 Å². The molecule has 0 amide bonds. The summed E-state index contributed by atoms with van der Waals surface area (Å²) < 4.78 is 1.17. The SMILES string of the molecule is Cc1cc(C(CN)N2CC(C)CC2C)ccc1Br. The summed E-state index contributed by atoms with van der Waals surface area (Å²) in [5.41, 5.74) is 8.66. The second-order valence-electron chi connectivity index (χ2n) is 5.65. The van der Waals surface area contributed by atoms with Gasteiger partial charge in [-0.1, -0.05) is 35.0 Å². The Balaban J connectivity index is 2.25. The number of benzene rings is 1. The maximum atomic E-state index is 6.03. The summed E-state index contributed by atoms with van der Waals surface area (Å²) in [7, 11) is 0. The highest BCUT2D eigenvalue weighted by molar-refractivity contribution is 9.10. The predicted octanol–water partition coefficient (Wildman–Crippen LogP) is 3.49. The first-order valence-electron chi connectivity index (χ1n) is 6.74. The van der Waals surface area contributed by atoms with Gasteiger partial charge in [0.1, 0.15) is 0 Å². The van der Waals surface area contributed by atoms with Gasteiger partial charge in [-0.3, -0.25) is 4.90 Å². The van der Waals surface area contributed by atoms with Gasteiger partial charge < -0.3 is 5.73 Å². The molecule has 0 saturated carbocycles. The minimum absolute atomic E-state index is 0.358. The van der Waals surface area contributed by atoms with Crippen molar-refractivity contribution in [2.75, 3.05) is 13.1 Å². The molecule has 1 aliphatic heterocycles. The van der Waals surface area contributed by atoms with Crippen molar-refractivity contribution >= 4 is 15.9 Å². The molecule has 2 rings (SSSR count). The third kappa shape index (κ3) is 2.79. The highest BCUT2D eigenvalue weighted by Gasteiger charge is 2.31. The van der Waals surface area contributed by atoms with Gasteiger partial charge in [-0.15, -0.1) is 0 Å². The zero-order chi connectivity index (χ0) is 13.3. The molecule has 0 spiro atoms. The third-order valence-corrected chi connectivity index (χ3v) is 4.91. The van der Waals surface area contributed by atoms with E-state index in [1.807, 2.05) is 0 Å². The van der Waals surface area contributed by atoms with E-state index in [1.165, 1.54) is 22.0 Å². The molecule has 3 atom stereocenters. The monoisotopic (exact) mass is 310 g/mol. The summed E-state index contributed by atoms with van der Waals surface area (Å²) in [6, 6.07) is 7.59. The summed E-state index contributed by atoms with van der Waals surface area (Å²) in [5, 5.41) is 0. The number of likely N-dealkylation sites (tertiary alicyclic amines) is 1. The highest BCUT2D eigenvalue weighted by Crippen LogP contribution is 2.32. The molecule has 1 heterocycles. The van der Waals surface area contributed by atoms with Crippen LogP contribution >= 0.6 is 15.9 Å². The Morgan fingerprint density at radius 3 is 2.67 bits per heavy atom. The Hall–Kier alpha value is -0.380. The first-order valence-corrected chi connectivity index (χ1v) is 7.54. The molecule has 2 nitrogen and oxygen atoms in total. The molecule has 2 N–H and O–H groups in total. The van der Waals surface area contributed by atoms with Crippen molar-refractivity contribution in [2.24, 2.45) is 11.7 Å². The van der Waals surface area contributed by atoms with Crippen LogP contribution < -0.4 is 5.73 Å². The molecule has 1 saturated heterocycles. The van der Waals surface area contributed by atoms with Crippen molar-refractivity contribution in [1.29, 1.82) is 0 Å². The Morgan fingerprint density at radius 1 is 1.44 bits per heavy atom. The van der Waals surface area contributed by atoms with E-state index in [0.717, 1.165) is 12.5 Å². The van der Waals surface area contributed by atoms with Crippen molar-refractivity contribution in [3.05, 3.63) is 33.8 Å². The lowest BCUT2D eigenvalue weighted by molar-refractivity contribution is 0.192. The molecule has 3 heteroatoms. The van der Waals surface area contributed by atoms with E-state index in [0.29, 0.717) is 18.6 Å². The molecule has 1 aromatic carbocycles. The van der Waals surface area contributed by atoms with Gasteiger partial charge in [-0.05, 0) is 43.4 Å². The number of nitrogens with two attached hydrogens (primary N) is 1. The lowest BCUT2D eigenvalue weighted by Gasteiger charge is -2.31. The van der Waals surface area contributed by atoms with E-state index >= 15 is 0 Å². The molecule has 3 unspecified atom stereocenters. The second-order valence-corrected chi connectivity index (χ2v) is 6.50. The summed E-state index contributed by atoms with van der Waals surface area (Å²) in [5.74, 6) is 0.783. The van der Waals surface area contributed by atoms with Crippen LogP contribution in [0.2, 0.25) is 0 Å². The molecule has 0 radical (unpaired) electrons. The zero-order valence-electron chi connectivity index (χ0n) is 11.5. The van der Waals surface area contributed by atoms with Crippen LogP contribution in [0, 0.1) is 12.8 Å². The van der Waals surface area contributed by atoms with Gasteiger partial charge in [-0.25, -0.2) is 0 Å². The molecule has 0 aliphatic carbocycles. The molecule has 100 valence electrons. The van der Waals surface area contributed by atoms with E-state index in [2.05, 4.69) is 59.8 Å². The van der Waals surface area contributed by atoms with E-state index in [1.54, 1.807) is 0 Å². The van der Waals surface area contributed by atoms with Crippen LogP contribution in [-0.2, 0) is 0 Å². The number of hydrogen-bond acceptors (Lipinski definition) is 2. The van der Waals surface area contributed by atoms with Crippen molar-refractivity contribution in [1.82, 2.24) is 4.90 Å². The standard InChI is InChI=1S/C15H23BrN2/c1-10-6-12(3)18(9-10)15(8-17)13-4-5-14(16)11(2)7-13/h4-5,7,10,12,15H,6,8-9,17H2,1-3H3. The molecule has 0 aromatic heterocycles. The van der Waals surface area contributed by atoms with Crippen LogP contribution in [0.15, 0.2) is 22.7 Å². The molecular formula is C15H23BrN2. The van der Waals surface area contributed by atoms with Crippen molar-refractivity contribution in [3.63, 3.8) is 0 Å². The minimum atomic E-state index is 0.358. The van der Waals surface area contributed by atoms with Crippen molar-refractivity contribution < 1.29 is 0 Å². The van der Waals surface area contributed by atoms with Crippen LogP contribution in [0.4, 0.5) is 0 Å². The van der Waals surface area contributed by atoms with E-state index < -0.39 is 0 Å². The van der Waals surface area contributed by atoms with E-state index in [-0.39, 0.29) is 0 Å². The number of nitrogens with zero attached hydrogens (tertiary/aromatic N) is 1. The Labute approximate surface area is 119 Å². The molecule has 0 bridgehead atoms. The number of hydrogen-bond donors (Lipinski definition) is 1. The van der Waals surface area contributed by atoms with Crippen LogP contribution in [0.1, 0.15) is 37.4 Å². The van der Waals surface area contributed by atoms with E-state index in [9.17, 15) is 0 Å². The fourth-order valence-electron chi connectivity index (χ4n) is 3.10. The van der Waals surface area contributed by atoms with Crippen LogP contribution in [-0.4, -0.2) is 24.0 Å². The minimum Gasteiger partial charge on any atom is -0.329 e. The normalized spacial score (nSPS) is 26.5. The Kier molecular flexibility index (Phi) is 4.46. The van der Waals surface area contributed by atoms with E-state index in [4.69, 9.17) is 5.73 Å². The van der Waals surface area contributed by atoms with Gasteiger partial charge in [-0.2, -0.15) is 0 Å². The average Bonchev–Trinajstić information content (AvgIpc) is 2.64. The molecule has 1 aliphatic rings. The maximum absolute atomic E-state index is 6.03. The molecular weight excluding hydrogens is 288 g/mol. The number of rotatable bonds is 3. The Bertz CT molecular complexity index is 419. The summed E-state index contributed by atoms with van der Waals surface area (Å²) in [6.45, 7) is 8.64. The summed E-state index contributed by atoms with van der Waals surface area (Å²) >= 11 is 3.56. The molecule has 1 fully saturated rings. The number of halogens is 1. The van der Waals surface area contributed by atoms with Crippen LogP contribution in [0.5, 0.6) is 0 Å². The Morgan fingerprint density at radius 2 is 2.17 bits per heavy atom. The fourth-order valence-corrected chi connectivity index (χ4v) is 3.35. The summed E-state index contributed by atoms with van der Waals surface area (Å²) in [6.07, 6.45) is 1.28. The smallest absolute Gasteiger partial charge is 0.0473 e. The first kappa shape index (κ1) is 14.0. The van der Waals surface area contributed by atoms with Gasteiger partial charge in [0.15, 0.2) is 0 Å². The maximum Gasteiger partial charge on any atom is 0.0473 e. The lowest BCUT2D eigenvalue weighted by atomic mass is 10.0. The van der Waals surface area contributed by atoms with Gasteiger partial charge in [0.05, 0.1) is 0 Å². The highest BCUT2D eigenvalue weighted by atomic mass is 79.9. The van der Waals surface area contributed by atoms with Crippen molar-refractivity contribution in [2.45, 2.75) is 39.3 Å². The summed E-state index contributed by atoms with van der Waals surface area (Å²) in [4.78, 5) is 2.56.